The average Bonchev–Trinajstić information content (AvgIpc) is 3.40. The number of carboxylic acids is 1. The topological polar surface area (TPSA) is 71.8 Å². The van der Waals surface area contributed by atoms with Gasteiger partial charge in [0, 0.05) is 30.6 Å². The Kier molecular flexibility index (Phi) is 5.72. The van der Waals surface area contributed by atoms with E-state index in [4.69, 9.17) is 4.74 Å². The van der Waals surface area contributed by atoms with Crippen molar-refractivity contribution in [2.75, 3.05) is 18.1 Å². The number of aromatic carboxylic acids is 1. The molecule has 29 heavy (non-hydrogen) atoms. The van der Waals surface area contributed by atoms with Crippen LogP contribution in [0.15, 0.2) is 42.7 Å². The monoisotopic (exact) mass is 396 g/mol. The molecule has 1 aromatic carbocycles. The van der Waals surface area contributed by atoms with Crippen LogP contribution in [0.2, 0.25) is 0 Å². The summed E-state index contributed by atoms with van der Waals surface area (Å²) in [5.74, 6) is -0.381. The maximum atomic E-state index is 13.6. The van der Waals surface area contributed by atoms with E-state index in [0.717, 1.165) is 37.8 Å². The molecule has 2 fully saturated rings. The van der Waals surface area contributed by atoms with Crippen LogP contribution in [-0.2, 0) is 9.53 Å². The summed E-state index contributed by atoms with van der Waals surface area (Å²) in [6.45, 7) is 3.27. The number of para-hydroxylation sites is 1. The highest BCUT2D eigenvalue weighted by atomic mass is 16.5. The summed E-state index contributed by atoms with van der Waals surface area (Å²) >= 11 is 0. The van der Waals surface area contributed by atoms with Gasteiger partial charge < -0.3 is 19.3 Å². The molecule has 1 aliphatic carbocycles. The second-order valence-electron chi connectivity index (χ2n) is 8.29. The number of carbonyl (C=O) groups is 2. The summed E-state index contributed by atoms with van der Waals surface area (Å²) in [6.07, 6.45) is 7.93. The number of aromatic nitrogens is 1. The van der Waals surface area contributed by atoms with Gasteiger partial charge >= 0.3 is 5.97 Å². The van der Waals surface area contributed by atoms with Crippen molar-refractivity contribution in [1.82, 2.24) is 4.57 Å². The second-order valence-corrected chi connectivity index (χ2v) is 8.29. The molecular formula is C23H28N2O4. The van der Waals surface area contributed by atoms with Gasteiger partial charge in [0.15, 0.2) is 0 Å². The first kappa shape index (κ1) is 19.7. The summed E-state index contributed by atoms with van der Waals surface area (Å²) in [6, 6.07) is 9.46. The van der Waals surface area contributed by atoms with E-state index in [1.54, 1.807) is 21.9 Å². The minimum atomic E-state index is -1.02. The highest BCUT2D eigenvalue weighted by molar-refractivity contribution is 6.03. The van der Waals surface area contributed by atoms with E-state index < -0.39 is 5.97 Å². The second kappa shape index (κ2) is 8.41. The van der Waals surface area contributed by atoms with Crippen LogP contribution in [0, 0.1) is 11.8 Å². The van der Waals surface area contributed by atoms with Gasteiger partial charge in [0.2, 0.25) is 5.91 Å². The van der Waals surface area contributed by atoms with Gasteiger partial charge in [-0.05, 0) is 50.2 Å². The zero-order valence-electron chi connectivity index (χ0n) is 16.8. The molecule has 1 aromatic heterocycles. The first-order valence-electron chi connectivity index (χ1n) is 10.5. The first-order valence-corrected chi connectivity index (χ1v) is 10.5. The lowest BCUT2D eigenvalue weighted by Crippen LogP contribution is -2.45. The molecule has 6 nitrogen and oxygen atoms in total. The molecule has 0 spiro atoms. The van der Waals surface area contributed by atoms with Crippen molar-refractivity contribution < 1.29 is 19.4 Å². The van der Waals surface area contributed by atoms with E-state index in [1.165, 1.54) is 0 Å². The maximum Gasteiger partial charge on any atom is 0.339 e. The molecule has 1 N–H and O–H groups in total. The number of carboxylic acid groups (broad SMARTS) is 1. The molecule has 0 bridgehead atoms. The Morgan fingerprint density at radius 3 is 2.41 bits per heavy atom. The number of nitrogens with zero attached hydrogens (tertiary/aromatic N) is 2. The Morgan fingerprint density at radius 2 is 1.79 bits per heavy atom. The summed E-state index contributed by atoms with van der Waals surface area (Å²) in [7, 11) is 0. The van der Waals surface area contributed by atoms with Crippen molar-refractivity contribution in [3.05, 3.63) is 48.3 Å². The van der Waals surface area contributed by atoms with E-state index in [-0.39, 0.29) is 23.4 Å². The standard InChI is InChI=1S/C23H28N2O4/c1-16-7-9-17(10-8-16)22(26)25(19-11-12-29-15-19)21-14-24(13-20(21)23(27)28)18-5-3-2-4-6-18/h2-6,13-14,16-17,19H,7-12,15H2,1H3,(H,27,28). The van der Waals surface area contributed by atoms with Crippen molar-refractivity contribution in [2.45, 2.75) is 45.1 Å². The molecule has 2 aliphatic rings. The number of amides is 1. The normalized spacial score (nSPS) is 24.4. The fourth-order valence-corrected chi connectivity index (χ4v) is 4.47. The highest BCUT2D eigenvalue weighted by Crippen LogP contribution is 2.35. The van der Waals surface area contributed by atoms with Crippen molar-refractivity contribution in [3.8, 4) is 5.69 Å². The lowest BCUT2D eigenvalue weighted by molar-refractivity contribution is -0.124. The molecule has 2 heterocycles. The lowest BCUT2D eigenvalue weighted by atomic mass is 9.82. The largest absolute Gasteiger partial charge is 0.478 e. The van der Waals surface area contributed by atoms with E-state index in [9.17, 15) is 14.7 Å². The van der Waals surface area contributed by atoms with Gasteiger partial charge in [0.1, 0.15) is 5.56 Å². The van der Waals surface area contributed by atoms with Crippen LogP contribution in [0.4, 0.5) is 5.69 Å². The zero-order valence-corrected chi connectivity index (χ0v) is 16.8. The number of benzene rings is 1. The van der Waals surface area contributed by atoms with Gasteiger partial charge in [-0.3, -0.25) is 4.79 Å². The third-order valence-electron chi connectivity index (χ3n) is 6.22. The predicted molar refractivity (Wildman–Crippen MR) is 111 cm³/mol. The summed E-state index contributed by atoms with van der Waals surface area (Å²) < 4.78 is 7.35. The van der Waals surface area contributed by atoms with Crippen LogP contribution < -0.4 is 4.90 Å². The van der Waals surface area contributed by atoms with Crippen LogP contribution >= 0.6 is 0 Å². The van der Waals surface area contributed by atoms with Gasteiger partial charge in [-0.1, -0.05) is 25.1 Å². The van der Waals surface area contributed by atoms with E-state index in [1.807, 2.05) is 30.3 Å². The smallest absolute Gasteiger partial charge is 0.339 e. The fraction of sp³-hybridized carbons (Fsp3) is 0.478. The third-order valence-corrected chi connectivity index (χ3v) is 6.22. The molecule has 154 valence electrons. The SMILES string of the molecule is CC1CCC(C(=O)N(c2cn(-c3ccccc3)cc2C(=O)O)C2CCOC2)CC1. The number of carbonyl (C=O) groups excluding carboxylic acids is 1. The molecular weight excluding hydrogens is 368 g/mol. The molecule has 1 atom stereocenters. The maximum absolute atomic E-state index is 13.6. The van der Waals surface area contributed by atoms with Crippen LogP contribution in [0.5, 0.6) is 0 Å². The van der Waals surface area contributed by atoms with Crippen LogP contribution in [-0.4, -0.2) is 40.8 Å². The van der Waals surface area contributed by atoms with E-state index >= 15 is 0 Å². The average molecular weight is 396 g/mol. The fourth-order valence-electron chi connectivity index (χ4n) is 4.47. The third kappa shape index (κ3) is 4.08. The molecule has 4 rings (SSSR count). The molecule has 0 radical (unpaired) electrons. The summed E-state index contributed by atoms with van der Waals surface area (Å²) in [4.78, 5) is 27.4. The Balaban J connectivity index is 1.73. The molecule has 1 unspecified atom stereocenters. The van der Waals surface area contributed by atoms with Crippen molar-refractivity contribution in [2.24, 2.45) is 11.8 Å². The Labute approximate surface area is 171 Å². The van der Waals surface area contributed by atoms with Gasteiger partial charge in [-0.25, -0.2) is 4.79 Å². The molecule has 1 saturated carbocycles. The molecule has 1 amide bonds. The molecule has 1 saturated heterocycles. The minimum absolute atomic E-state index is 0.0423. The Bertz CT molecular complexity index is 862. The number of hydrogen-bond donors (Lipinski definition) is 1. The molecule has 6 heteroatoms. The number of hydrogen-bond acceptors (Lipinski definition) is 3. The number of ether oxygens (including phenoxy) is 1. The summed E-state index contributed by atoms with van der Waals surface area (Å²) in [5, 5.41) is 9.86. The van der Waals surface area contributed by atoms with Crippen LogP contribution in [0.25, 0.3) is 5.69 Å². The lowest BCUT2D eigenvalue weighted by Gasteiger charge is -2.34. The molecule has 2 aromatic rings. The number of rotatable bonds is 5. The van der Waals surface area contributed by atoms with Gasteiger partial charge in [0.25, 0.3) is 0 Å². The first-order chi connectivity index (χ1) is 14.0. The molecule has 1 aliphatic heterocycles. The Morgan fingerprint density at radius 1 is 1.07 bits per heavy atom. The van der Waals surface area contributed by atoms with Crippen molar-refractivity contribution in [3.63, 3.8) is 0 Å². The predicted octanol–water partition coefficient (Wildman–Crippen LogP) is 4.12. The van der Waals surface area contributed by atoms with Gasteiger partial charge in [-0.15, -0.1) is 0 Å². The van der Waals surface area contributed by atoms with Crippen LogP contribution in [0.1, 0.15) is 49.4 Å². The minimum Gasteiger partial charge on any atom is -0.478 e. The highest BCUT2D eigenvalue weighted by Gasteiger charge is 2.37. The van der Waals surface area contributed by atoms with Crippen molar-refractivity contribution in [1.29, 1.82) is 0 Å². The van der Waals surface area contributed by atoms with Crippen molar-refractivity contribution >= 4 is 17.6 Å². The Hall–Kier alpha value is -2.60. The summed E-state index contributed by atoms with van der Waals surface area (Å²) in [5.41, 5.74) is 1.49. The van der Waals surface area contributed by atoms with Gasteiger partial charge in [0.05, 0.1) is 18.3 Å². The zero-order chi connectivity index (χ0) is 20.4. The van der Waals surface area contributed by atoms with E-state index in [0.29, 0.717) is 24.8 Å². The quantitative estimate of drug-likeness (QED) is 0.825. The van der Waals surface area contributed by atoms with E-state index in [2.05, 4.69) is 6.92 Å². The van der Waals surface area contributed by atoms with Gasteiger partial charge in [-0.2, -0.15) is 0 Å². The van der Waals surface area contributed by atoms with Crippen LogP contribution in [0.3, 0.4) is 0 Å². The number of anilines is 1.